The highest BCUT2D eigenvalue weighted by Gasteiger charge is 2.47. The van der Waals surface area contributed by atoms with Crippen molar-refractivity contribution in [2.45, 2.75) is 49.1 Å². The number of fused-ring (bicyclic) bond motifs is 1. The maximum absolute atomic E-state index is 12.5. The molecule has 5 heterocycles. The van der Waals surface area contributed by atoms with Gasteiger partial charge in [-0.15, -0.1) is 0 Å². The lowest BCUT2D eigenvalue weighted by Gasteiger charge is -2.22. The number of aromatic nitrogens is 5. The Morgan fingerprint density at radius 2 is 1.71 bits per heavy atom. The van der Waals surface area contributed by atoms with E-state index in [4.69, 9.17) is 24.3 Å². The first-order chi connectivity index (χ1) is 19.8. The number of ether oxygens (including phenoxy) is 2. The van der Waals surface area contributed by atoms with E-state index >= 15 is 0 Å². The van der Waals surface area contributed by atoms with Gasteiger partial charge in [0.25, 0.3) is 6.23 Å². The van der Waals surface area contributed by atoms with Gasteiger partial charge in [0.15, 0.2) is 30.1 Å². The summed E-state index contributed by atoms with van der Waals surface area (Å²) in [5.41, 5.74) is 6.13. The van der Waals surface area contributed by atoms with Crippen LogP contribution in [0.2, 0.25) is 0 Å². The summed E-state index contributed by atoms with van der Waals surface area (Å²) in [6.07, 6.45) is -6.18. The molecule has 19 nitrogen and oxygen atoms in total. The molecule has 0 spiro atoms. The van der Waals surface area contributed by atoms with Crippen LogP contribution in [0, 0.1) is 3.57 Å². The highest BCUT2D eigenvalue weighted by molar-refractivity contribution is 14.1. The van der Waals surface area contributed by atoms with Crippen LogP contribution < -0.4 is 15.4 Å². The Bertz CT molecular complexity index is 1530. The van der Waals surface area contributed by atoms with Crippen molar-refractivity contribution in [1.82, 2.24) is 19.5 Å². The topological polar surface area (TPSA) is 278 Å². The molecule has 0 radical (unpaired) electrons. The minimum Gasteiger partial charge on any atom is -0.843 e. The molecule has 0 saturated carbocycles. The van der Waals surface area contributed by atoms with Gasteiger partial charge in [0.05, 0.1) is 29.2 Å². The first-order valence-electron chi connectivity index (χ1n) is 12.0. The molecule has 0 aliphatic carbocycles. The van der Waals surface area contributed by atoms with Gasteiger partial charge in [0.1, 0.15) is 36.3 Å². The Morgan fingerprint density at radius 1 is 1.05 bits per heavy atom. The third-order valence-corrected chi connectivity index (χ3v) is 9.64. The Kier molecular flexibility index (Phi) is 9.30. The van der Waals surface area contributed by atoms with Crippen LogP contribution in [0.1, 0.15) is 12.5 Å². The smallest absolute Gasteiger partial charge is 0.481 e. The maximum atomic E-state index is 12.5. The average Bonchev–Trinajstić information content (AvgIpc) is 3.56. The van der Waals surface area contributed by atoms with Crippen LogP contribution in [0.5, 0.6) is 0 Å². The van der Waals surface area contributed by atoms with Crippen molar-refractivity contribution in [2.75, 3.05) is 18.9 Å². The largest absolute Gasteiger partial charge is 0.843 e. The minimum absolute atomic E-state index is 0.0622. The van der Waals surface area contributed by atoms with Gasteiger partial charge in [-0.25, -0.2) is 24.1 Å². The standard InChI is InChI=1S/C20H25IN6O13P2/c21-9-2-1-3-26(4-9)19-15(30)13(28)10(38-19)5-36-41(32,33)40-42(34,35)37-6-11-14(29)16(31)20(39-11)27-8-25-12-17(22)23-7-24-18(12)27/h1-4,7-8,10-11,13-16,19-20,28-29,31H,5-6H2,(H,32,33)(H,34,35)(H2,22,23,24)/t10-,11-,13-,14-,15-,16-,19-,20-/m1/s1. The molecule has 22 heteroatoms. The number of anilines is 1. The molecule has 3 aromatic heterocycles. The van der Waals surface area contributed by atoms with Crippen LogP contribution in [0.4, 0.5) is 5.82 Å². The number of pyridine rings is 1. The van der Waals surface area contributed by atoms with Gasteiger partial charge in [-0.05, 0) is 34.8 Å². The van der Waals surface area contributed by atoms with E-state index in [1.807, 2.05) is 22.6 Å². The molecule has 2 fully saturated rings. The van der Waals surface area contributed by atoms with Crippen molar-refractivity contribution in [3.8, 4) is 0 Å². The number of imidazole rings is 1. The molecule has 2 aliphatic rings. The minimum atomic E-state index is -5.33. The highest BCUT2D eigenvalue weighted by atomic mass is 127. The molecule has 5 rings (SSSR count). The first-order valence-corrected chi connectivity index (χ1v) is 16.1. The van der Waals surface area contributed by atoms with Gasteiger partial charge in [-0.2, -0.15) is 8.88 Å². The van der Waals surface area contributed by atoms with Crippen molar-refractivity contribution >= 4 is 55.2 Å². The molecule has 42 heavy (non-hydrogen) atoms. The van der Waals surface area contributed by atoms with Crippen LogP contribution in [-0.4, -0.2) is 94.5 Å². The van der Waals surface area contributed by atoms with E-state index in [1.54, 1.807) is 24.5 Å². The van der Waals surface area contributed by atoms with Crippen molar-refractivity contribution in [2.24, 2.45) is 0 Å². The SMILES string of the molecule is Nc1ncnc2c1ncn2[C@@H]1O[C@H](COP(=O)(O)OP(=O)(O)OC[C@H]2O[C@@H]([n+]3cccc(I)c3)[C@H]([O-])[C@@H]2O)[C@@H](O)[C@H]1O. The summed E-state index contributed by atoms with van der Waals surface area (Å²) < 4.78 is 53.0. The third kappa shape index (κ3) is 6.66. The Hall–Kier alpha value is -1.75. The zero-order chi connectivity index (χ0) is 30.4. The van der Waals surface area contributed by atoms with Crippen LogP contribution in [0.15, 0.2) is 37.2 Å². The number of hydrogen-bond acceptors (Lipinski definition) is 15. The second-order valence-electron chi connectivity index (χ2n) is 9.23. The molecular formula is C20H25IN6O13P2. The lowest BCUT2D eigenvalue weighted by Crippen LogP contribution is -2.51. The number of nitrogens with two attached hydrogens (primary N) is 1. The monoisotopic (exact) mass is 746 g/mol. The van der Waals surface area contributed by atoms with E-state index in [2.05, 4.69) is 19.3 Å². The summed E-state index contributed by atoms with van der Waals surface area (Å²) in [5.74, 6) is 0.0622. The Balaban J connectivity index is 1.16. The number of aliphatic hydroxyl groups excluding tert-OH is 3. The number of nitrogen functional groups attached to an aromatic ring is 1. The van der Waals surface area contributed by atoms with Crippen LogP contribution in [0.3, 0.4) is 0 Å². The average molecular weight is 746 g/mol. The summed E-state index contributed by atoms with van der Waals surface area (Å²) in [6, 6.07) is 3.43. The zero-order valence-electron chi connectivity index (χ0n) is 21.1. The van der Waals surface area contributed by atoms with Crippen molar-refractivity contribution < 1.29 is 66.7 Å². The van der Waals surface area contributed by atoms with Crippen molar-refractivity contribution in [3.63, 3.8) is 0 Å². The molecule has 10 atom stereocenters. The molecule has 2 unspecified atom stereocenters. The van der Waals surface area contributed by atoms with Crippen LogP contribution in [-0.2, 0) is 32.0 Å². The Morgan fingerprint density at radius 3 is 2.38 bits per heavy atom. The Labute approximate surface area is 249 Å². The summed E-state index contributed by atoms with van der Waals surface area (Å²) in [7, 11) is -10.6. The van der Waals surface area contributed by atoms with Gasteiger partial charge >= 0.3 is 15.6 Å². The molecule has 0 amide bonds. The molecule has 2 saturated heterocycles. The second kappa shape index (κ2) is 12.3. The predicted molar refractivity (Wildman–Crippen MR) is 141 cm³/mol. The lowest BCUT2D eigenvalue weighted by atomic mass is 10.1. The molecular weight excluding hydrogens is 721 g/mol. The summed E-state index contributed by atoms with van der Waals surface area (Å²) in [4.78, 5) is 31.8. The van der Waals surface area contributed by atoms with Gasteiger partial charge in [-0.1, -0.05) is 0 Å². The molecule has 2 aliphatic heterocycles. The van der Waals surface area contributed by atoms with Gasteiger partial charge in [0, 0.05) is 6.07 Å². The normalized spacial score (nSPS) is 32.6. The molecule has 3 aromatic rings. The lowest BCUT2D eigenvalue weighted by molar-refractivity contribution is -0.782. The van der Waals surface area contributed by atoms with E-state index < -0.39 is 77.9 Å². The van der Waals surface area contributed by atoms with Crippen LogP contribution in [0.25, 0.3) is 11.2 Å². The fraction of sp³-hybridized carbons (Fsp3) is 0.500. The number of hydrogen-bond donors (Lipinski definition) is 6. The van der Waals surface area contributed by atoms with Crippen LogP contribution >= 0.6 is 38.2 Å². The summed E-state index contributed by atoms with van der Waals surface area (Å²) in [5, 5.41) is 43.7. The van der Waals surface area contributed by atoms with Crippen molar-refractivity contribution in [3.05, 3.63) is 40.8 Å². The maximum Gasteiger partial charge on any atom is 0.481 e. The van der Waals surface area contributed by atoms with E-state index in [-0.39, 0.29) is 17.0 Å². The summed E-state index contributed by atoms with van der Waals surface area (Å²) in [6.45, 7) is -1.72. The third-order valence-electron chi connectivity index (χ3n) is 6.40. The van der Waals surface area contributed by atoms with Crippen molar-refractivity contribution in [1.29, 1.82) is 0 Å². The van der Waals surface area contributed by atoms with E-state index in [0.717, 1.165) is 9.90 Å². The molecule has 230 valence electrons. The summed E-state index contributed by atoms with van der Waals surface area (Å²) >= 11 is 2.02. The molecule has 7 N–H and O–H groups in total. The fourth-order valence-corrected chi connectivity index (χ4v) is 7.00. The number of phosphoric ester groups is 2. The number of halogens is 1. The quantitative estimate of drug-likeness (QED) is 0.0733. The highest BCUT2D eigenvalue weighted by Crippen LogP contribution is 2.60. The zero-order valence-corrected chi connectivity index (χ0v) is 25.0. The number of rotatable bonds is 10. The molecule has 0 bridgehead atoms. The van der Waals surface area contributed by atoms with Gasteiger partial charge in [-0.3, -0.25) is 13.6 Å². The van der Waals surface area contributed by atoms with E-state index in [9.17, 15) is 39.3 Å². The fourth-order valence-electron chi connectivity index (χ4n) is 4.38. The predicted octanol–water partition coefficient (Wildman–Crippen LogP) is -2.14. The first kappa shape index (κ1) is 31.7. The number of phosphoric acid groups is 2. The number of aliphatic hydroxyl groups is 3. The van der Waals surface area contributed by atoms with Gasteiger partial charge in [0.2, 0.25) is 0 Å². The van der Waals surface area contributed by atoms with Gasteiger partial charge < -0.3 is 45.4 Å². The van der Waals surface area contributed by atoms with E-state index in [0.29, 0.717) is 0 Å². The molecule has 0 aromatic carbocycles. The number of nitrogens with zero attached hydrogens (tertiary/aromatic N) is 5. The van der Waals surface area contributed by atoms with E-state index in [1.165, 1.54) is 15.5 Å². The second-order valence-corrected chi connectivity index (χ2v) is 13.5.